The molecule has 0 aromatic heterocycles. The van der Waals surface area contributed by atoms with E-state index < -0.39 is 0 Å². The zero-order valence-corrected chi connectivity index (χ0v) is 16.9. The van der Waals surface area contributed by atoms with Crippen LogP contribution in [-0.2, 0) is 10.2 Å². The lowest BCUT2D eigenvalue weighted by Gasteiger charge is -2.31. The van der Waals surface area contributed by atoms with Crippen molar-refractivity contribution in [1.82, 2.24) is 0 Å². The van der Waals surface area contributed by atoms with Crippen LogP contribution in [0.25, 0.3) is 0 Å². The summed E-state index contributed by atoms with van der Waals surface area (Å²) in [7, 11) is 0. The Bertz CT molecular complexity index is 608. The van der Waals surface area contributed by atoms with Crippen molar-refractivity contribution in [3.8, 4) is 0 Å². The summed E-state index contributed by atoms with van der Waals surface area (Å²) in [6, 6.07) is 21.3. The van der Waals surface area contributed by atoms with Gasteiger partial charge in [-0.05, 0) is 43.9 Å². The van der Waals surface area contributed by atoms with Crippen LogP contribution in [0.1, 0.15) is 58.1 Å². The fourth-order valence-corrected chi connectivity index (χ4v) is 2.68. The summed E-state index contributed by atoms with van der Waals surface area (Å²) in [5, 5.41) is 0. The average Bonchev–Trinajstić information content (AvgIpc) is 2.69. The van der Waals surface area contributed by atoms with E-state index in [4.69, 9.17) is 4.74 Å². The van der Waals surface area contributed by atoms with Gasteiger partial charge in [-0.1, -0.05) is 87.0 Å². The van der Waals surface area contributed by atoms with Crippen molar-refractivity contribution in [2.24, 2.45) is 0 Å². The highest BCUT2D eigenvalue weighted by molar-refractivity contribution is 5.38. The lowest BCUT2D eigenvalue weighted by atomic mass is 9.77. The van der Waals surface area contributed by atoms with Crippen LogP contribution >= 0.6 is 0 Å². The minimum absolute atomic E-state index is 0.0886. The molecule has 0 radical (unpaired) electrons. The number of ether oxygens (including phenoxy) is 1. The molecular weight excluding hydrogens is 316 g/mol. The van der Waals surface area contributed by atoms with Gasteiger partial charge in [0.1, 0.15) is 0 Å². The van der Waals surface area contributed by atoms with Crippen LogP contribution in [0.15, 0.2) is 78.5 Å². The largest absolute Gasteiger partial charge is 0.380 e. The standard InChI is InChI=1S/C20H26O.C5H8/c1-3-4-11-16-21-17-20(2,18-12-7-5-8-13-18)19-14-9-6-10-15-19;1-4-5(2)3/h5-10,12-15H,3-4,11,16-17H2,1-2H3;1H2,2-3H3. The van der Waals surface area contributed by atoms with Gasteiger partial charge in [-0.3, -0.25) is 0 Å². The van der Waals surface area contributed by atoms with Crippen LogP contribution in [0.4, 0.5) is 0 Å². The molecule has 0 aliphatic heterocycles. The molecule has 0 unspecified atom stereocenters. The molecule has 2 aromatic carbocycles. The predicted molar refractivity (Wildman–Crippen MR) is 114 cm³/mol. The smallest absolute Gasteiger partial charge is 0.0600 e. The molecule has 0 aliphatic rings. The third kappa shape index (κ3) is 7.44. The monoisotopic (exact) mass is 350 g/mol. The molecule has 0 heterocycles. The van der Waals surface area contributed by atoms with Crippen LogP contribution in [0.5, 0.6) is 0 Å². The van der Waals surface area contributed by atoms with Crippen molar-refractivity contribution in [3.63, 3.8) is 0 Å². The van der Waals surface area contributed by atoms with E-state index in [-0.39, 0.29) is 5.41 Å². The molecule has 0 fully saturated rings. The van der Waals surface area contributed by atoms with Gasteiger partial charge in [-0.2, -0.15) is 0 Å². The van der Waals surface area contributed by atoms with Gasteiger partial charge in [0.15, 0.2) is 0 Å². The molecule has 0 saturated heterocycles. The van der Waals surface area contributed by atoms with Crippen LogP contribution in [0.3, 0.4) is 0 Å². The molecule has 2 rings (SSSR count). The fraction of sp³-hybridized carbons (Fsp3) is 0.400. The third-order valence-electron chi connectivity index (χ3n) is 4.46. The van der Waals surface area contributed by atoms with Crippen molar-refractivity contribution >= 4 is 0 Å². The van der Waals surface area contributed by atoms with Crippen LogP contribution in [0, 0.1) is 0 Å². The van der Waals surface area contributed by atoms with E-state index in [1.54, 1.807) is 0 Å². The Kier molecular flexibility index (Phi) is 10.4. The average molecular weight is 351 g/mol. The lowest BCUT2D eigenvalue weighted by molar-refractivity contribution is 0.0982. The number of unbranched alkanes of at least 4 members (excludes halogenated alkanes) is 2. The van der Waals surface area contributed by atoms with Crippen LogP contribution < -0.4 is 0 Å². The summed E-state index contributed by atoms with van der Waals surface area (Å²) in [6.07, 6.45) is 3.63. The molecule has 0 saturated carbocycles. The van der Waals surface area contributed by atoms with Crippen molar-refractivity contribution in [3.05, 3.63) is 89.7 Å². The van der Waals surface area contributed by atoms with E-state index in [1.807, 2.05) is 13.8 Å². The molecule has 0 bridgehead atoms. The minimum atomic E-state index is -0.0886. The Morgan fingerprint density at radius 3 is 1.77 bits per heavy atom. The number of hydrogen-bond acceptors (Lipinski definition) is 1. The Morgan fingerprint density at radius 2 is 1.38 bits per heavy atom. The van der Waals surface area contributed by atoms with E-state index in [0.717, 1.165) is 25.2 Å². The third-order valence-corrected chi connectivity index (χ3v) is 4.46. The first kappa shape index (κ1) is 22.0. The first-order valence-electron chi connectivity index (χ1n) is 9.56. The SMILES string of the molecule is C=C=C(C)C.CCCCCOCC(C)(c1ccccc1)c1ccccc1. The van der Waals surface area contributed by atoms with Gasteiger partial charge in [0, 0.05) is 12.0 Å². The normalized spacial score (nSPS) is 10.5. The van der Waals surface area contributed by atoms with Gasteiger partial charge in [0.05, 0.1) is 6.61 Å². The van der Waals surface area contributed by atoms with E-state index in [9.17, 15) is 0 Å². The minimum Gasteiger partial charge on any atom is -0.380 e. The van der Waals surface area contributed by atoms with E-state index in [0.29, 0.717) is 0 Å². The molecular formula is C25H34O. The van der Waals surface area contributed by atoms with Crippen molar-refractivity contribution < 1.29 is 4.74 Å². The molecule has 0 atom stereocenters. The number of benzene rings is 2. The van der Waals surface area contributed by atoms with Gasteiger partial charge >= 0.3 is 0 Å². The highest BCUT2D eigenvalue weighted by Crippen LogP contribution is 2.32. The first-order valence-corrected chi connectivity index (χ1v) is 9.56. The molecule has 0 aliphatic carbocycles. The molecule has 0 spiro atoms. The van der Waals surface area contributed by atoms with Gasteiger partial charge in [-0.15, -0.1) is 5.73 Å². The maximum Gasteiger partial charge on any atom is 0.0600 e. The van der Waals surface area contributed by atoms with Gasteiger partial charge < -0.3 is 4.74 Å². The summed E-state index contributed by atoms with van der Waals surface area (Å²) in [4.78, 5) is 0. The second-order valence-electron chi connectivity index (χ2n) is 7.00. The lowest BCUT2D eigenvalue weighted by Crippen LogP contribution is -2.30. The maximum atomic E-state index is 6.01. The molecule has 140 valence electrons. The number of allylic oxidation sites excluding steroid dienone is 1. The summed E-state index contributed by atoms with van der Waals surface area (Å²) in [5.74, 6) is 0. The van der Waals surface area contributed by atoms with Crippen LogP contribution in [-0.4, -0.2) is 13.2 Å². The van der Waals surface area contributed by atoms with Gasteiger partial charge in [0.2, 0.25) is 0 Å². The quantitative estimate of drug-likeness (QED) is 0.370. The second kappa shape index (κ2) is 12.3. The molecule has 26 heavy (non-hydrogen) atoms. The van der Waals surface area contributed by atoms with Crippen molar-refractivity contribution in [2.75, 3.05) is 13.2 Å². The summed E-state index contributed by atoms with van der Waals surface area (Å²) in [6.45, 7) is 13.4. The predicted octanol–water partition coefficient (Wildman–Crippen LogP) is 6.94. The Balaban J connectivity index is 0.000000597. The topological polar surface area (TPSA) is 9.23 Å². The van der Waals surface area contributed by atoms with E-state index >= 15 is 0 Å². The molecule has 0 N–H and O–H groups in total. The molecule has 0 amide bonds. The summed E-state index contributed by atoms with van der Waals surface area (Å²) in [5.41, 5.74) is 6.37. The summed E-state index contributed by atoms with van der Waals surface area (Å²) >= 11 is 0. The summed E-state index contributed by atoms with van der Waals surface area (Å²) < 4.78 is 6.01. The highest BCUT2D eigenvalue weighted by Gasteiger charge is 2.28. The zero-order valence-electron chi connectivity index (χ0n) is 16.9. The Labute approximate surface area is 160 Å². The Morgan fingerprint density at radius 1 is 0.923 bits per heavy atom. The van der Waals surface area contributed by atoms with Crippen molar-refractivity contribution in [2.45, 2.75) is 52.4 Å². The second-order valence-corrected chi connectivity index (χ2v) is 7.00. The first-order chi connectivity index (χ1) is 12.5. The Hall–Kier alpha value is -2.08. The highest BCUT2D eigenvalue weighted by atomic mass is 16.5. The molecule has 1 heteroatoms. The zero-order chi connectivity index (χ0) is 19.3. The van der Waals surface area contributed by atoms with Crippen molar-refractivity contribution in [1.29, 1.82) is 0 Å². The van der Waals surface area contributed by atoms with Crippen LogP contribution in [0.2, 0.25) is 0 Å². The number of hydrogen-bond donors (Lipinski definition) is 0. The number of rotatable bonds is 8. The fourth-order valence-electron chi connectivity index (χ4n) is 2.68. The van der Waals surface area contributed by atoms with Gasteiger partial charge in [0.25, 0.3) is 0 Å². The molecule has 1 nitrogen and oxygen atoms in total. The maximum absolute atomic E-state index is 6.01. The van der Waals surface area contributed by atoms with E-state index in [1.165, 1.54) is 24.0 Å². The molecule has 2 aromatic rings. The van der Waals surface area contributed by atoms with Gasteiger partial charge in [-0.25, -0.2) is 0 Å². The van der Waals surface area contributed by atoms with E-state index in [2.05, 4.69) is 86.8 Å².